The third-order valence-corrected chi connectivity index (χ3v) is 7.90. The van der Waals surface area contributed by atoms with Crippen LogP contribution in [0.5, 0.6) is 0 Å². The van der Waals surface area contributed by atoms with Gasteiger partial charge in [0.15, 0.2) is 0 Å². The number of benzene rings is 2. The summed E-state index contributed by atoms with van der Waals surface area (Å²) in [4.78, 5) is 32.5. The number of quaternary nitrogens is 1. The maximum atomic E-state index is 14.7. The summed E-state index contributed by atoms with van der Waals surface area (Å²) in [5.74, 6) is -0.328. The smallest absolute Gasteiger partial charge is 0.346 e. The molecule has 0 saturated carbocycles. The highest BCUT2D eigenvalue weighted by Crippen LogP contribution is 2.35. The van der Waals surface area contributed by atoms with Crippen molar-refractivity contribution in [3.63, 3.8) is 0 Å². The maximum absolute atomic E-state index is 14.7. The average molecular weight is 499 g/mol. The quantitative estimate of drug-likeness (QED) is 0.378. The zero-order chi connectivity index (χ0) is 25.7. The molecule has 3 heterocycles. The van der Waals surface area contributed by atoms with E-state index in [-0.39, 0.29) is 23.8 Å². The van der Waals surface area contributed by atoms with E-state index in [1.54, 1.807) is 0 Å². The highest BCUT2D eigenvalue weighted by molar-refractivity contribution is 5.92. The molecule has 2 unspecified atom stereocenters. The first-order valence-corrected chi connectivity index (χ1v) is 13.5. The molecule has 2 aromatic carbocycles. The van der Waals surface area contributed by atoms with Crippen LogP contribution in [0.1, 0.15) is 43.0 Å². The molecule has 0 aliphatic carbocycles. The topological polar surface area (TPSA) is 68.3 Å². The standard InChI is InChI=1S/C31H36N3O3/c1-2-37-31(36)25-14-9-19-34(22-25,27-15-17-32-18-16-27)30(35)26-20-28(23-10-5-3-6-11-23)33-29(21-26)24-12-7-4-8-13-24/h3-8,10-13,20-21,25,27,32H,2,9,14-19,22H2,1H3/q+1. The van der Waals surface area contributed by atoms with Gasteiger partial charge in [0.05, 0.1) is 42.7 Å². The maximum Gasteiger partial charge on any atom is 0.346 e. The Morgan fingerprint density at radius 3 is 2.08 bits per heavy atom. The molecule has 6 heteroatoms. The van der Waals surface area contributed by atoms with Gasteiger partial charge < -0.3 is 10.1 Å². The minimum absolute atomic E-state index is 0.0951. The first-order valence-electron chi connectivity index (χ1n) is 13.5. The van der Waals surface area contributed by atoms with Crippen LogP contribution in [0.2, 0.25) is 0 Å². The number of hydrogen-bond donors (Lipinski definition) is 1. The molecule has 0 radical (unpaired) electrons. The van der Waals surface area contributed by atoms with E-state index in [1.165, 1.54) is 0 Å². The van der Waals surface area contributed by atoms with Crippen LogP contribution in [0.15, 0.2) is 72.8 Å². The second kappa shape index (κ2) is 11.4. The fourth-order valence-electron chi connectivity index (χ4n) is 6.06. The molecule has 192 valence electrons. The van der Waals surface area contributed by atoms with Gasteiger partial charge in [-0.25, -0.2) is 9.78 Å². The minimum Gasteiger partial charge on any atom is -0.466 e. The predicted molar refractivity (Wildman–Crippen MR) is 145 cm³/mol. The number of pyridine rings is 1. The second-order valence-electron chi connectivity index (χ2n) is 10.2. The van der Waals surface area contributed by atoms with Crippen LogP contribution in [-0.4, -0.2) is 60.2 Å². The molecular weight excluding hydrogens is 462 g/mol. The molecule has 3 aromatic rings. The number of esters is 1. The van der Waals surface area contributed by atoms with E-state index in [0.717, 1.165) is 67.8 Å². The summed E-state index contributed by atoms with van der Waals surface area (Å²) in [6.07, 6.45) is 3.45. The highest BCUT2D eigenvalue weighted by atomic mass is 16.5. The zero-order valence-corrected chi connectivity index (χ0v) is 21.6. The van der Waals surface area contributed by atoms with E-state index in [0.29, 0.717) is 23.2 Å². The van der Waals surface area contributed by atoms with Crippen LogP contribution >= 0.6 is 0 Å². The van der Waals surface area contributed by atoms with Crippen LogP contribution in [0.25, 0.3) is 22.5 Å². The molecule has 2 atom stereocenters. The number of carbonyl (C=O) groups excluding carboxylic acids is 2. The Morgan fingerprint density at radius 2 is 1.51 bits per heavy atom. The third-order valence-electron chi connectivity index (χ3n) is 7.90. The number of likely N-dealkylation sites (tertiary alicyclic amines) is 1. The van der Waals surface area contributed by atoms with Gasteiger partial charge in [-0.05, 0) is 31.9 Å². The lowest BCUT2D eigenvalue weighted by Gasteiger charge is -2.47. The van der Waals surface area contributed by atoms with E-state index < -0.39 is 0 Å². The number of piperidine rings is 2. The molecule has 2 aliphatic heterocycles. The number of carbonyl (C=O) groups is 2. The Hall–Kier alpha value is -3.35. The van der Waals surface area contributed by atoms with Crippen LogP contribution < -0.4 is 5.32 Å². The van der Waals surface area contributed by atoms with Gasteiger partial charge in [-0.1, -0.05) is 60.7 Å². The van der Waals surface area contributed by atoms with Crippen molar-refractivity contribution in [3.05, 3.63) is 78.4 Å². The van der Waals surface area contributed by atoms with Crippen LogP contribution in [0.3, 0.4) is 0 Å². The molecule has 1 amide bonds. The predicted octanol–water partition coefficient (Wildman–Crippen LogP) is 5.10. The molecule has 0 spiro atoms. The largest absolute Gasteiger partial charge is 0.466 e. The van der Waals surface area contributed by atoms with Gasteiger partial charge in [-0.3, -0.25) is 9.28 Å². The Labute approximate surface area is 219 Å². The normalized spacial score (nSPS) is 22.4. The number of nitrogens with one attached hydrogen (secondary N) is 1. The van der Waals surface area contributed by atoms with Crippen LogP contribution in [0, 0.1) is 5.92 Å². The van der Waals surface area contributed by atoms with Gasteiger partial charge in [-0.15, -0.1) is 0 Å². The second-order valence-corrected chi connectivity index (χ2v) is 10.2. The summed E-state index contributed by atoms with van der Waals surface area (Å²) in [6, 6.07) is 24.1. The summed E-state index contributed by atoms with van der Waals surface area (Å²) < 4.78 is 5.74. The number of nitrogens with zero attached hydrogens (tertiary/aromatic N) is 2. The number of aromatic nitrogens is 1. The van der Waals surface area contributed by atoms with Crippen molar-refractivity contribution < 1.29 is 18.8 Å². The summed E-state index contributed by atoms with van der Waals surface area (Å²) in [6.45, 7) is 5.25. The molecule has 1 aromatic heterocycles. The number of hydrogen-bond acceptors (Lipinski definition) is 5. The molecule has 2 fully saturated rings. The summed E-state index contributed by atoms with van der Waals surface area (Å²) >= 11 is 0. The lowest BCUT2D eigenvalue weighted by atomic mass is 9.89. The summed E-state index contributed by atoms with van der Waals surface area (Å²) in [5, 5.41) is 3.44. The average Bonchev–Trinajstić information content (AvgIpc) is 2.98. The molecular formula is C31H36N3O3+. The molecule has 2 aliphatic rings. The van der Waals surface area contributed by atoms with Gasteiger partial charge >= 0.3 is 11.9 Å². The zero-order valence-electron chi connectivity index (χ0n) is 21.6. The number of rotatable bonds is 6. The Balaban J connectivity index is 1.60. The van der Waals surface area contributed by atoms with Gasteiger partial charge in [0.1, 0.15) is 5.92 Å². The van der Waals surface area contributed by atoms with Crippen molar-refractivity contribution in [1.29, 1.82) is 0 Å². The van der Waals surface area contributed by atoms with E-state index >= 15 is 0 Å². The van der Waals surface area contributed by atoms with E-state index in [9.17, 15) is 9.59 Å². The Kier molecular flexibility index (Phi) is 7.77. The monoisotopic (exact) mass is 498 g/mol. The van der Waals surface area contributed by atoms with E-state index in [4.69, 9.17) is 9.72 Å². The van der Waals surface area contributed by atoms with Crippen molar-refractivity contribution >= 4 is 11.9 Å². The van der Waals surface area contributed by atoms with Gasteiger partial charge in [0, 0.05) is 37.1 Å². The van der Waals surface area contributed by atoms with Gasteiger partial charge in [-0.2, -0.15) is 0 Å². The molecule has 0 bridgehead atoms. The molecule has 37 heavy (non-hydrogen) atoms. The summed E-state index contributed by atoms with van der Waals surface area (Å²) in [7, 11) is 0. The van der Waals surface area contributed by atoms with Crippen molar-refractivity contribution in [3.8, 4) is 22.5 Å². The number of amides is 1. The molecule has 6 nitrogen and oxygen atoms in total. The van der Waals surface area contributed by atoms with E-state index in [1.807, 2.05) is 79.7 Å². The fourth-order valence-corrected chi connectivity index (χ4v) is 6.06. The van der Waals surface area contributed by atoms with Crippen LogP contribution in [0.4, 0.5) is 0 Å². The lowest BCUT2D eigenvalue weighted by molar-refractivity contribution is -0.883. The Morgan fingerprint density at radius 1 is 0.919 bits per heavy atom. The molecule has 1 N–H and O–H groups in total. The minimum atomic E-state index is -0.253. The SMILES string of the molecule is CCOC(=O)C1CCC[N+](C(=O)c2cc(-c3ccccc3)nc(-c3ccccc3)c2)(C2CCNCC2)C1. The van der Waals surface area contributed by atoms with E-state index in [2.05, 4.69) is 5.32 Å². The Bertz CT molecular complexity index is 1170. The summed E-state index contributed by atoms with van der Waals surface area (Å²) in [5.41, 5.74) is 4.19. The fraction of sp³-hybridized carbons (Fsp3) is 0.387. The van der Waals surface area contributed by atoms with Crippen molar-refractivity contribution in [2.24, 2.45) is 5.92 Å². The van der Waals surface area contributed by atoms with Crippen molar-refractivity contribution in [2.45, 2.75) is 38.6 Å². The van der Waals surface area contributed by atoms with Gasteiger partial charge in [0.25, 0.3) is 0 Å². The van der Waals surface area contributed by atoms with Crippen molar-refractivity contribution in [2.75, 3.05) is 32.8 Å². The van der Waals surface area contributed by atoms with Gasteiger partial charge in [0.2, 0.25) is 0 Å². The first kappa shape index (κ1) is 25.3. The number of ether oxygens (including phenoxy) is 1. The first-order chi connectivity index (χ1) is 18.1. The third kappa shape index (κ3) is 5.36. The van der Waals surface area contributed by atoms with Crippen molar-refractivity contribution in [1.82, 2.24) is 10.3 Å². The highest BCUT2D eigenvalue weighted by Gasteiger charge is 2.50. The molecule has 2 saturated heterocycles. The molecule has 5 rings (SSSR count). The van der Waals surface area contributed by atoms with Crippen LogP contribution in [-0.2, 0) is 9.53 Å². The lowest BCUT2D eigenvalue weighted by Crippen LogP contribution is -2.66.